The SMILES string of the molecule is COc1ccc(OC/C(C)=C/C(=O)O)cc1[N+](=O)[O-]. The Morgan fingerprint density at radius 3 is 2.74 bits per heavy atom. The zero-order valence-corrected chi connectivity index (χ0v) is 10.5. The summed E-state index contributed by atoms with van der Waals surface area (Å²) < 4.78 is 10.1. The van der Waals surface area contributed by atoms with Gasteiger partial charge >= 0.3 is 11.7 Å². The molecule has 0 radical (unpaired) electrons. The number of nitro benzene ring substituents is 1. The first kappa shape index (κ1) is 14.5. The molecule has 0 spiro atoms. The van der Waals surface area contributed by atoms with Crippen LogP contribution in [0.3, 0.4) is 0 Å². The number of hydrogen-bond donors (Lipinski definition) is 1. The Morgan fingerprint density at radius 2 is 2.21 bits per heavy atom. The maximum absolute atomic E-state index is 10.8. The summed E-state index contributed by atoms with van der Waals surface area (Å²) in [5, 5.41) is 19.3. The average Bonchev–Trinajstić information content (AvgIpc) is 2.35. The van der Waals surface area contributed by atoms with Gasteiger partial charge < -0.3 is 14.6 Å². The highest BCUT2D eigenvalue weighted by Gasteiger charge is 2.15. The molecule has 0 fully saturated rings. The molecule has 0 aliphatic carbocycles. The second kappa shape index (κ2) is 6.39. The molecule has 1 N–H and O–H groups in total. The minimum absolute atomic E-state index is 0.0375. The highest BCUT2D eigenvalue weighted by molar-refractivity contribution is 5.80. The Kier molecular flexibility index (Phi) is 4.87. The predicted octanol–water partition coefficient (Wildman–Crippen LogP) is 2.01. The molecule has 1 aromatic carbocycles. The fourth-order valence-electron chi connectivity index (χ4n) is 1.35. The van der Waals surface area contributed by atoms with Crippen LogP contribution >= 0.6 is 0 Å². The van der Waals surface area contributed by atoms with E-state index in [0.29, 0.717) is 5.57 Å². The Morgan fingerprint density at radius 1 is 1.53 bits per heavy atom. The van der Waals surface area contributed by atoms with Crippen LogP contribution in [-0.2, 0) is 4.79 Å². The molecule has 0 heterocycles. The van der Waals surface area contributed by atoms with Crippen molar-refractivity contribution in [2.75, 3.05) is 13.7 Å². The van der Waals surface area contributed by atoms with Gasteiger partial charge in [0.1, 0.15) is 12.4 Å². The minimum Gasteiger partial charge on any atom is -0.490 e. The molecule has 0 aliphatic rings. The number of ether oxygens (including phenoxy) is 2. The fourth-order valence-corrected chi connectivity index (χ4v) is 1.35. The smallest absolute Gasteiger partial charge is 0.328 e. The zero-order chi connectivity index (χ0) is 14.4. The van der Waals surface area contributed by atoms with Crippen molar-refractivity contribution in [3.8, 4) is 11.5 Å². The molecule has 0 bridgehead atoms. The molecule has 1 aromatic rings. The third kappa shape index (κ3) is 4.30. The third-order valence-corrected chi connectivity index (χ3v) is 2.18. The number of carboxylic acids is 1. The van der Waals surface area contributed by atoms with Crippen LogP contribution in [0.5, 0.6) is 11.5 Å². The highest BCUT2D eigenvalue weighted by atomic mass is 16.6. The van der Waals surface area contributed by atoms with Crippen molar-refractivity contribution in [3.05, 3.63) is 40.0 Å². The summed E-state index contributed by atoms with van der Waals surface area (Å²) in [5.41, 5.74) is 0.283. The molecule has 0 saturated carbocycles. The van der Waals surface area contributed by atoms with Gasteiger partial charge in [0.25, 0.3) is 0 Å². The van der Waals surface area contributed by atoms with Gasteiger partial charge in [0.2, 0.25) is 0 Å². The van der Waals surface area contributed by atoms with E-state index in [4.69, 9.17) is 14.6 Å². The van der Waals surface area contributed by atoms with E-state index < -0.39 is 10.9 Å². The molecule has 102 valence electrons. The lowest BCUT2D eigenvalue weighted by atomic mass is 10.2. The molecule has 19 heavy (non-hydrogen) atoms. The van der Waals surface area contributed by atoms with Crippen LogP contribution in [0.4, 0.5) is 5.69 Å². The number of nitro groups is 1. The monoisotopic (exact) mass is 267 g/mol. The first-order valence-electron chi connectivity index (χ1n) is 5.29. The van der Waals surface area contributed by atoms with Crippen LogP contribution in [-0.4, -0.2) is 29.7 Å². The first-order chi connectivity index (χ1) is 8.93. The van der Waals surface area contributed by atoms with Crippen molar-refractivity contribution in [1.29, 1.82) is 0 Å². The number of hydrogen-bond acceptors (Lipinski definition) is 5. The summed E-state index contributed by atoms with van der Waals surface area (Å²) in [4.78, 5) is 20.6. The lowest BCUT2D eigenvalue weighted by Crippen LogP contribution is -2.02. The molecule has 0 aliphatic heterocycles. The van der Waals surface area contributed by atoms with E-state index in [1.807, 2.05) is 0 Å². The molecular formula is C12H13NO6. The van der Waals surface area contributed by atoms with Gasteiger partial charge in [-0.05, 0) is 24.6 Å². The van der Waals surface area contributed by atoms with Crippen molar-refractivity contribution in [2.24, 2.45) is 0 Å². The van der Waals surface area contributed by atoms with Gasteiger partial charge in [0, 0.05) is 6.08 Å². The summed E-state index contributed by atoms with van der Waals surface area (Å²) in [6, 6.07) is 4.16. The Balaban J connectivity index is 2.83. The average molecular weight is 267 g/mol. The minimum atomic E-state index is -1.07. The highest BCUT2D eigenvalue weighted by Crippen LogP contribution is 2.30. The summed E-state index contributed by atoms with van der Waals surface area (Å²) >= 11 is 0. The normalized spacial score (nSPS) is 10.9. The number of carboxylic acid groups (broad SMARTS) is 1. The second-order valence-electron chi connectivity index (χ2n) is 3.71. The maximum Gasteiger partial charge on any atom is 0.328 e. The van der Waals surface area contributed by atoms with Gasteiger partial charge in [-0.3, -0.25) is 10.1 Å². The van der Waals surface area contributed by atoms with E-state index >= 15 is 0 Å². The van der Waals surface area contributed by atoms with Crippen LogP contribution in [0.15, 0.2) is 29.8 Å². The molecule has 0 amide bonds. The van der Waals surface area contributed by atoms with Gasteiger partial charge in [0.05, 0.1) is 18.1 Å². The van der Waals surface area contributed by atoms with Crippen molar-refractivity contribution in [3.63, 3.8) is 0 Å². The maximum atomic E-state index is 10.8. The standard InChI is InChI=1S/C12H13NO6/c1-8(5-12(14)15)7-19-9-3-4-11(18-2)10(6-9)13(16)17/h3-6H,7H2,1-2H3,(H,14,15)/b8-5+. The van der Waals surface area contributed by atoms with E-state index in [1.54, 1.807) is 6.92 Å². The van der Waals surface area contributed by atoms with E-state index in [1.165, 1.54) is 25.3 Å². The molecule has 7 heteroatoms. The van der Waals surface area contributed by atoms with Gasteiger partial charge in [-0.25, -0.2) is 4.79 Å². The van der Waals surface area contributed by atoms with E-state index in [9.17, 15) is 14.9 Å². The van der Waals surface area contributed by atoms with Crippen molar-refractivity contribution < 1.29 is 24.3 Å². The quantitative estimate of drug-likeness (QED) is 0.481. The molecule has 0 aromatic heterocycles. The van der Waals surface area contributed by atoms with Gasteiger partial charge in [0.15, 0.2) is 5.75 Å². The lowest BCUT2D eigenvalue weighted by Gasteiger charge is -2.07. The zero-order valence-electron chi connectivity index (χ0n) is 10.5. The molecule has 0 unspecified atom stereocenters. The number of aliphatic carboxylic acids is 1. The Bertz CT molecular complexity index is 523. The van der Waals surface area contributed by atoms with E-state index in [0.717, 1.165) is 6.08 Å². The third-order valence-electron chi connectivity index (χ3n) is 2.18. The van der Waals surface area contributed by atoms with Crippen molar-refractivity contribution in [1.82, 2.24) is 0 Å². The van der Waals surface area contributed by atoms with Crippen LogP contribution in [0, 0.1) is 10.1 Å². The molecule has 0 atom stereocenters. The molecular weight excluding hydrogens is 254 g/mol. The van der Waals surface area contributed by atoms with Gasteiger partial charge in [-0.2, -0.15) is 0 Å². The Hall–Kier alpha value is -2.57. The molecule has 1 rings (SSSR count). The largest absolute Gasteiger partial charge is 0.490 e. The number of carbonyl (C=O) groups is 1. The number of benzene rings is 1. The van der Waals surface area contributed by atoms with Crippen molar-refractivity contribution in [2.45, 2.75) is 6.92 Å². The van der Waals surface area contributed by atoms with Crippen LogP contribution < -0.4 is 9.47 Å². The topological polar surface area (TPSA) is 98.9 Å². The van der Waals surface area contributed by atoms with Crippen LogP contribution in [0.25, 0.3) is 0 Å². The van der Waals surface area contributed by atoms with Crippen molar-refractivity contribution >= 4 is 11.7 Å². The summed E-state index contributed by atoms with van der Waals surface area (Å²) in [6.07, 6.45) is 1.01. The lowest BCUT2D eigenvalue weighted by molar-refractivity contribution is -0.385. The molecule has 0 saturated heterocycles. The number of nitrogens with zero attached hydrogens (tertiary/aromatic N) is 1. The van der Waals surface area contributed by atoms with Gasteiger partial charge in [-0.15, -0.1) is 0 Å². The first-order valence-corrected chi connectivity index (χ1v) is 5.29. The summed E-state index contributed by atoms with van der Waals surface area (Å²) in [5.74, 6) is -0.664. The predicted molar refractivity (Wildman–Crippen MR) is 66.5 cm³/mol. The fraction of sp³-hybridized carbons (Fsp3) is 0.250. The van der Waals surface area contributed by atoms with Crippen LogP contribution in [0.1, 0.15) is 6.92 Å². The van der Waals surface area contributed by atoms with E-state index in [-0.39, 0.29) is 23.8 Å². The van der Waals surface area contributed by atoms with Gasteiger partial charge in [-0.1, -0.05) is 0 Å². The second-order valence-corrected chi connectivity index (χ2v) is 3.71. The number of rotatable bonds is 6. The molecule has 7 nitrogen and oxygen atoms in total. The Labute approximate surface area is 109 Å². The summed E-state index contributed by atoms with van der Waals surface area (Å²) in [7, 11) is 1.34. The van der Waals surface area contributed by atoms with Crippen LogP contribution in [0.2, 0.25) is 0 Å². The van der Waals surface area contributed by atoms with E-state index in [2.05, 4.69) is 0 Å². The number of methoxy groups -OCH3 is 1. The summed E-state index contributed by atoms with van der Waals surface area (Å²) in [6.45, 7) is 1.63.